The molecule has 2 aromatic carbocycles. The monoisotopic (exact) mass is 357 g/mol. The Morgan fingerprint density at radius 2 is 2.04 bits per heavy atom. The summed E-state index contributed by atoms with van der Waals surface area (Å²) in [5, 5.41) is 3.60. The molecular weight excluding hydrogens is 342 g/mol. The summed E-state index contributed by atoms with van der Waals surface area (Å²) in [6.07, 6.45) is 0. The number of ether oxygens (including phenoxy) is 1. The average molecular weight is 358 g/mol. The highest BCUT2D eigenvalue weighted by molar-refractivity contribution is 6.35. The van der Waals surface area contributed by atoms with Gasteiger partial charge in [0.25, 0.3) is 5.91 Å². The van der Waals surface area contributed by atoms with Crippen molar-refractivity contribution in [1.29, 1.82) is 0 Å². The van der Waals surface area contributed by atoms with Crippen LogP contribution in [0.4, 0.5) is 5.69 Å². The first kappa shape index (κ1) is 16.7. The van der Waals surface area contributed by atoms with Crippen molar-refractivity contribution in [3.63, 3.8) is 0 Å². The SMILES string of the molecule is CN=C(N)NC(=O)c1cc2c(Cl)cc(Oc3cccc(N)c3)cc2[nH]1. The van der Waals surface area contributed by atoms with E-state index in [1.165, 1.54) is 7.05 Å². The summed E-state index contributed by atoms with van der Waals surface area (Å²) >= 11 is 6.31. The lowest BCUT2D eigenvalue weighted by atomic mass is 10.2. The molecule has 3 aromatic rings. The molecule has 0 spiro atoms. The van der Waals surface area contributed by atoms with Crippen LogP contribution in [0.3, 0.4) is 0 Å². The zero-order valence-corrected chi connectivity index (χ0v) is 14.1. The predicted molar refractivity (Wildman–Crippen MR) is 99.2 cm³/mol. The zero-order valence-electron chi connectivity index (χ0n) is 13.3. The number of hydrogen-bond acceptors (Lipinski definition) is 4. The van der Waals surface area contributed by atoms with Crippen molar-refractivity contribution in [2.45, 2.75) is 0 Å². The van der Waals surface area contributed by atoms with Gasteiger partial charge in [-0.15, -0.1) is 0 Å². The molecule has 0 aliphatic heterocycles. The fraction of sp³-hybridized carbons (Fsp3) is 0.0588. The van der Waals surface area contributed by atoms with Crippen LogP contribution in [0, 0.1) is 0 Å². The maximum Gasteiger partial charge on any atom is 0.274 e. The van der Waals surface area contributed by atoms with Gasteiger partial charge >= 0.3 is 0 Å². The van der Waals surface area contributed by atoms with Gasteiger partial charge in [-0.1, -0.05) is 17.7 Å². The number of nitrogen functional groups attached to an aromatic ring is 1. The highest BCUT2D eigenvalue weighted by atomic mass is 35.5. The Bertz CT molecular complexity index is 980. The van der Waals surface area contributed by atoms with E-state index < -0.39 is 5.91 Å². The maximum atomic E-state index is 12.1. The first-order valence-corrected chi connectivity index (χ1v) is 7.73. The number of aromatic nitrogens is 1. The van der Waals surface area contributed by atoms with Gasteiger partial charge in [-0.25, -0.2) is 0 Å². The van der Waals surface area contributed by atoms with Crippen LogP contribution >= 0.6 is 11.6 Å². The van der Waals surface area contributed by atoms with Crippen LogP contribution in [0.25, 0.3) is 10.9 Å². The molecule has 0 aliphatic rings. The molecule has 0 unspecified atom stereocenters. The van der Waals surface area contributed by atoms with E-state index in [0.717, 1.165) is 0 Å². The van der Waals surface area contributed by atoms with E-state index in [2.05, 4.69) is 15.3 Å². The van der Waals surface area contributed by atoms with Gasteiger partial charge in [0.1, 0.15) is 17.2 Å². The molecule has 8 heteroatoms. The minimum absolute atomic E-state index is 0.0282. The van der Waals surface area contributed by atoms with Crippen LogP contribution in [0.15, 0.2) is 47.5 Å². The van der Waals surface area contributed by atoms with E-state index in [9.17, 15) is 4.79 Å². The number of hydrogen-bond donors (Lipinski definition) is 4. The number of nitrogens with two attached hydrogens (primary N) is 2. The molecule has 0 fully saturated rings. The van der Waals surface area contributed by atoms with Crippen LogP contribution in [-0.4, -0.2) is 23.9 Å². The second-order valence-electron chi connectivity index (χ2n) is 5.29. The Morgan fingerprint density at radius 3 is 2.76 bits per heavy atom. The maximum absolute atomic E-state index is 12.1. The summed E-state index contributed by atoms with van der Waals surface area (Å²) in [6, 6.07) is 12.1. The highest BCUT2D eigenvalue weighted by Crippen LogP contribution is 2.32. The van der Waals surface area contributed by atoms with E-state index in [4.69, 9.17) is 27.8 Å². The van der Waals surface area contributed by atoms with Crippen LogP contribution in [0.5, 0.6) is 11.5 Å². The number of rotatable bonds is 3. The standard InChI is InChI=1S/C17H16ClN5O2/c1-21-17(20)23-16(24)15-8-12-13(18)6-11(7-14(12)22-15)25-10-4-2-3-9(19)5-10/h2-8,22H,19H2,1H3,(H3,20,21,23,24). The lowest BCUT2D eigenvalue weighted by molar-refractivity contribution is 0.0972. The molecule has 1 amide bonds. The van der Waals surface area contributed by atoms with E-state index in [1.54, 1.807) is 42.5 Å². The minimum atomic E-state index is -0.409. The molecule has 0 saturated heterocycles. The molecule has 0 atom stereocenters. The highest BCUT2D eigenvalue weighted by Gasteiger charge is 2.13. The van der Waals surface area contributed by atoms with Gasteiger partial charge in [0.2, 0.25) is 0 Å². The van der Waals surface area contributed by atoms with Crippen LogP contribution < -0.4 is 21.5 Å². The molecule has 0 bridgehead atoms. The third-order valence-electron chi connectivity index (χ3n) is 3.48. The van der Waals surface area contributed by atoms with Gasteiger partial charge in [0.15, 0.2) is 5.96 Å². The number of guanidine groups is 1. The van der Waals surface area contributed by atoms with Crippen molar-refractivity contribution in [3.05, 3.63) is 53.2 Å². The molecule has 128 valence electrons. The number of carbonyl (C=O) groups excluding carboxylic acids is 1. The molecule has 6 N–H and O–H groups in total. The summed E-state index contributed by atoms with van der Waals surface area (Å²) in [7, 11) is 1.48. The summed E-state index contributed by atoms with van der Waals surface area (Å²) in [5.74, 6) is 0.729. The number of nitrogens with one attached hydrogen (secondary N) is 2. The largest absolute Gasteiger partial charge is 0.457 e. The Kier molecular flexibility index (Phi) is 4.49. The van der Waals surface area contributed by atoms with Gasteiger partial charge in [-0.05, 0) is 18.2 Å². The van der Waals surface area contributed by atoms with Gasteiger partial charge in [0.05, 0.1) is 10.5 Å². The minimum Gasteiger partial charge on any atom is -0.457 e. The third kappa shape index (κ3) is 3.67. The van der Waals surface area contributed by atoms with Crippen molar-refractivity contribution in [2.75, 3.05) is 12.8 Å². The van der Waals surface area contributed by atoms with Crippen LogP contribution in [0.1, 0.15) is 10.5 Å². The zero-order chi connectivity index (χ0) is 18.0. The number of benzene rings is 2. The summed E-state index contributed by atoms with van der Waals surface area (Å²) in [4.78, 5) is 18.8. The fourth-order valence-corrected chi connectivity index (χ4v) is 2.57. The predicted octanol–water partition coefficient (Wildman–Crippen LogP) is 2.87. The number of halogens is 1. The number of aromatic amines is 1. The Balaban J connectivity index is 1.92. The van der Waals surface area contributed by atoms with Gasteiger partial charge in [-0.3, -0.25) is 15.1 Å². The Morgan fingerprint density at radius 1 is 1.24 bits per heavy atom. The summed E-state index contributed by atoms with van der Waals surface area (Å²) in [6.45, 7) is 0. The lowest BCUT2D eigenvalue weighted by Crippen LogP contribution is -2.36. The van der Waals surface area contributed by atoms with Crippen LogP contribution in [-0.2, 0) is 0 Å². The van der Waals surface area contributed by atoms with Gasteiger partial charge in [-0.2, -0.15) is 0 Å². The van der Waals surface area contributed by atoms with Crippen molar-refractivity contribution in [1.82, 2.24) is 10.3 Å². The number of anilines is 1. The molecular formula is C17H16ClN5O2. The third-order valence-corrected chi connectivity index (χ3v) is 3.79. The smallest absolute Gasteiger partial charge is 0.274 e. The lowest BCUT2D eigenvalue weighted by Gasteiger charge is -2.07. The number of aliphatic imine (C=N–C) groups is 1. The molecule has 3 rings (SSSR count). The Hall–Kier alpha value is -3.19. The summed E-state index contributed by atoms with van der Waals surface area (Å²) < 4.78 is 5.78. The normalized spacial score (nSPS) is 11.5. The van der Waals surface area contributed by atoms with Gasteiger partial charge in [0, 0.05) is 36.3 Å². The number of carbonyl (C=O) groups is 1. The van der Waals surface area contributed by atoms with E-state index >= 15 is 0 Å². The molecule has 1 heterocycles. The average Bonchev–Trinajstić information content (AvgIpc) is 2.99. The van der Waals surface area contributed by atoms with E-state index in [0.29, 0.717) is 38.8 Å². The molecule has 0 aliphatic carbocycles. The first-order valence-electron chi connectivity index (χ1n) is 7.35. The number of nitrogens with zero attached hydrogens (tertiary/aromatic N) is 1. The van der Waals surface area contributed by atoms with Gasteiger partial charge < -0.3 is 21.2 Å². The molecule has 0 radical (unpaired) electrons. The van der Waals surface area contributed by atoms with E-state index in [-0.39, 0.29) is 5.96 Å². The van der Waals surface area contributed by atoms with E-state index in [1.807, 2.05) is 0 Å². The Labute approximate surface area is 148 Å². The molecule has 0 saturated carbocycles. The molecule has 1 aromatic heterocycles. The van der Waals surface area contributed by atoms with Crippen molar-refractivity contribution < 1.29 is 9.53 Å². The van der Waals surface area contributed by atoms with Crippen molar-refractivity contribution in [3.8, 4) is 11.5 Å². The second kappa shape index (κ2) is 6.74. The number of H-pyrrole nitrogens is 1. The molecule has 7 nitrogen and oxygen atoms in total. The topological polar surface area (TPSA) is 119 Å². The fourth-order valence-electron chi connectivity index (χ4n) is 2.30. The van der Waals surface area contributed by atoms with Crippen molar-refractivity contribution >= 4 is 40.1 Å². The summed E-state index contributed by atoms with van der Waals surface area (Å²) in [5.41, 5.74) is 12.8. The first-order chi connectivity index (χ1) is 12.0. The van der Waals surface area contributed by atoms with Crippen LogP contribution in [0.2, 0.25) is 5.02 Å². The quantitative estimate of drug-likeness (QED) is 0.327. The molecule has 25 heavy (non-hydrogen) atoms. The number of fused-ring (bicyclic) bond motifs is 1. The number of amides is 1. The second-order valence-corrected chi connectivity index (χ2v) is 5.69. The van der Waals surface area contributed by atoms with Crippen molar-refractivity contribution in [2.24, 2.45) is 10.7 Å².